The number of piperidine rings is 2. The normalized spacial score (nSPS) is 17.7. The van der Waals surface area contributed by atoms with Crippen molar-refractivity contribution in [2.75, 3.05) is 46.6 Å². The Bertz CT molecular complexity index is 1410. The number of nitrogens with zero attached hydrogens (tertiary/aromatic N) is 3. The molecule has 2 aliphatic heterocycles. The molecule has 11 nitrogen and oxygen atoms in total. The molecule has 0 bridgehead atoms. The zero-order chi connectivity index (χ0) is 34.7. The van der Waals surface area contributed by atoms with Crippen LogP contribution in [-0.2, 0) is 23.9 Å². The van der Waals surface area contributed by atoms with Crippen molar-refractivity contribution in [1.29, 1.82) is 0 Å². The van der Waals surface area contributed by atoms with Crippen LogP contribution in [0.15, 0.2) is 42.7 Å². The Kier molecular flexibility index (Phi) is 13.2. The molecular formula is C36H49FN4O7. The monoisotopic (exact) mass is 668 g/mol. The van der Waals surface area contributed by atoms with E-state index in [-0.39, 0.29) is 30.9 Å². The summed E-state index contributed by atoms with van der Waals surface area (Å²) in [6.07, 6.45) is 6.95. The van der Waals surface area contributed by atoms with Crippen LogP contribution in [0.5, 0.6) is 5.75 Å². The van der Waals surface area contributed by atoms with Gasteiger partial charge in [-0.1, -0.05) is 18.2 Å². The van der Waals surface area contributed by atoms with Gasteiger partial charge in [0.2, 0.25) is 11.8 Å². The van der Waals surface area contributed by atoms with Crippen LogP contribution in [0.1, 0.15) is 77.3 Å². The summed E-state index contributed by atoms with van der Waals surface area (Å²) >= 11 is 0. The second kappa shape index (κ2) is 17.3. The first-order chi connectivity index (χ1) is 23.0. The lowest BCUT2D eigenvalue weighted by molar-refractivity contribution is -0.141. The number of halogens is 1. The third kappa shape index (κ3) is 10.6. The summed E-state index contributed by atoms with van der Waals surface area (Å²) in [5.74, 6) is -0.282. The van der Waals surface area contributed by atoms with Crippen molar-refractivity contribution in [3.63, 3.8) is 0 Å². The predicted octanol–water partition coefficient (Wildman–Crippen LogP) is 5.48. The van der Waals surface area contributed by atoms with Gasteiger partial charge in [-0.05, 0) is 76.5 Å². The molecule has 4 rings (SSSR count). The molecule has 2 fully saturated rings. The van der Waals surface area contributed by atoms with E-state index in [9.17, 15) is 23.6 Å². The number of rotatable bonds is 12. The lowest BCUT2D eigenvalue weighted by Crippen LogP contribution is -2.46. The fraction of sp³-hybridized carbons (Fsp3) is 0.583. The van der Waals surface area contributed by atoms with Gasteiger partial charge in [0, 0.05) is 56.1 Å². The van der Waals surface area contributed by atoms with Gasteiger partial charge in [-0.15, -0.1) is 0 Å². The maximum Gasteiger partial charge on any atom is 0.410 e. The number of ether oxygens (including phenoxy) is 3. The maximum atomic E-state index is 13.6. The van der Waals surface area contributed by atoms with Crippen LogP contribution in [-0.4, -0.2) is 90.8 Å². The second-order valence-electron chi connectivity index (χ2n) is 13.5. The molecule has 0 unspecified atom stereocenters. The number of hydrogen-bond acceptors (Lipinski definition) is 8. The molecule has 1 aromatic carbocycles. The number of esters is 1. The molecule has 2 aromatic rings. The Balaban J connectivity index is 1.35. The van der Waals surface area contributed by atoms with Crippen LogP contribution < -0.4 is 10.1 Å². The number of para-hydroxylation sites is 1. The highest BCUT2D eigenvalue weighted by Gasteiger charge is 2.32. The molecule has 2 aliphatic rings. The Labute approximate surface area is 282 Å². The van der Waals surface area contributed by atoms with Gasteiger partial charge in [-0.25, -0.2) is 9.18 Å². The molecule has 0 aliphatic carbocycles. The summed E-state index contributed by atoms with van der Waals surface area (Å²) in [7, 11) is 1.29. The predicted molar refractivity (Wildman–Crippen MR) is 178 cm³/mol. The third-order valence-electron chi connectivity index (χ3n) is 8.79. The van der Waals surface area contributed by atoms with Crippen molar-refractivity contribution >= 4 is 23.9 Å². The van der Waals surface area contributed by atoms with Crippen molar-refractivity contribution in [1.82, 2.24) is 20.1 Å². The molecule has 262 valence electrons. The van der Waals surface area contributed by atoms with Crippen molar-refractivity contribution in [3.05, 3.63) is 48.3 Å². The minimum atomic E-state index is -0.714. The average molecular weight is 669 g/mol. The van der Waals surface area contributed by atoms with E-state index in [1.165, 1.54) is 7.11 Å². The number of carbonyl (C=O) groups excluding carboxylic acids is 4. The first-order valence-corrected chi connectivity index (χ1v) is 16.8. The van der Waals surface area contributed by atoms with E-state index in [1.807, 2.05) is 39.0 Å². The van der Waals surface area contributed by atoms with E-state index in [4.69, 9.17) is 14.2 Å². The molecule has 3 amide bonds. The molecule has 0 spiro atoms. The molecule has 1 aromatic heterocycles. The molecule has 0 radical (unpaired) electrons. The molecule has 0 saturated carbocycles. The number of aromatic nitrogens is 1. The summed E-state index contributed by atoms with van der Waals surface area (Å²) < 4.78 is 28.8. The Morgan fingerprint density at radius 3 is 2.50 bits per heavy atom. The number of carbonyl (C=O) groups is 4. The Hall–Kier alpha value is -4.22. The standard InChI is InChI=1S/C36H49FN4O7/c1-36(2,3)48-35(45)40-17-13-25(14-18-40)11-12-32(42)41-16-7-8-26(24-41)34(44)39-30(21-33(43)46-4)28-20-27(22-38-23-28)29-9-5-6-10-31(29)47-19-15-37/h5-6,9-10,20,22-23,25-26,30H,7-8,11-19,21,24H2,1-4H3,(H,39,44)/t26-,30+/m1/s1. The SMILES string of the molecule is COC(=O)C[C@H](NC(=O)[C@@H]1CCCN(C(=O)CCC2CCN(C(=O)OC(C)(C)C)CC2)C1)c1cncc(-c2ccccc2OCCF)c1. The second-order valence-corrected chi connectivity index (χ2v) is 13.5. The summed E-state index contributed by atoms with van der Waals surface area (Å²) in [6.45, 7) is 6.99. The summed E-state index contributed by atoms with van der Waals surface area (Å²) in [6, 6.07) is 8.33. The van der Waals surface area contributed by atoms with Gasteiger partial charge in [0.1, 0.15) is 24.6 Å². The van der Waals surface area contributed by atoms with Crippen LogP contribution in [0.25, 0.3) is 11.1 Å². The molecule has 2 saturated heterocycles. The Morgan fingerprint density at radius 2 is 1.79 bits per heavy atom. The van der Waals surface area contributed by atoms with Gasteiger partial charge >= 0.3 is 12.1 Å². The summed E-state index contributed by atoms with van der Waals surface area (Å²) in [4.78, 5) is 59.5. The maximum absolute atomic E-state index is 13.6. The fourth-order valence-electron chi connectivity index (χ4n) is 6.20. The topological polar surface area (TPSA) is 127 Å². The van der Waals surface area contributed by atoms with Gasteiger partial charge in [0.05, 0.1) is 25.5 Å². The molecule has 2 atom stereocenters. The Morgan fingerprint density at radius 1 is 1.04 bits per heavy atom. The lowest BCUT2D eigenvalue weighted by atomic mass is 9.91. The van der Waals surface area contributed by atoms with Gasteiger partial charge < -0.3 is 29.3 Å². The first-order valence-electron chi connectivity index (χ1n) is 16.8. The average Bonchev–Trinajstić information content (AvgIpc) is 3.09. The highest BCUT2D eigenvalue weighted by molar-refractivity contribution is 5.82. The highest BCUT2D eigenvalue weighted by Crippen LogP contribution is 2.32. The van der Waals surface area contributed by atoms with Crippen molar-refractivity contribution in [2.45, 2.75) is 77.4 Å². The summed E-state index contributed by atoms with van der Waals surface area (Å²) in [5.41, 5.74) is 1.47. The van der Waals surface area contributed by atoms with Crippen molar-refractivity contribution in [3.8, 4) is 16.9 Å². The van der Waals surface area contributed by atoms with Crippen LogP contribution >= 0.6 is 0 Å². The van der Waals surface area contributed by atoms with E-state index < -0.39 is 30.2 Å². The molecule has 12 heteroatoms. The van der Waals surface area contributed by atoms with E-state index in [2.05, 4.69) is 10.3 Å². The van der Waals surface area contributed by atoms with Crippen molar-refractivity contribution < 1.29 is 37.8 Å². The summed E-state index contributed by atoms with van der Waals surface area (Å²) in [5, 5.41) is 3.03. The van der Waals surface area contributed by atoms with Crippen molar-refractivity contribution in [2.24, 2.45) is 11.8 Å². The minimum Gasteiger partial charge on any atom is -0.490 e. The first kappa shape index (κ1) is 36.6. The van der Waals surface area contributed by atoms with E-state index in [1.54, 1.807) is 34.3 Å². The number of methoxy groups -OCH3 is 1. The van der Waals surface area contributed by atoms with E-state index in [0.29, 0.717) is 73.8 Å². The molecule has 1 N–H and O–H groups in total. The van der Waals surface area contributed by atoms with Gasteiger partial charge in [-0.3, -0.25) is 19.4 Å². The number of benzene rings is 1. The largest absolute Gasteiger partial charge is 0.490 e. The third-order valence-corrected chi connectivity index (χ3v) is 8.79. The quantitative estimate of drug-likeness (QED) is 0.295. The lowest BCUT2D eigenvalue weighted by Gasteiger charge is -2.35. The number of hydrogen-bond donors (Lipinski definition) is 1. The fourth-order valence-corrected chi connectivity index (χ4v) is 6.20. The van der Waals surface area contributed by atoms with Crippen LogP contribution in [0.4, 0.5) is 9.18 Å². The number of likely N-dealkylation sites (tertiary alicyclic amines) is 2. The van der Waals surface area contributed by atoms with E-state index >= 15 is 0 Å². The molecular weight excluding hydrogens is 619 g/mol. The van der Waals surface area contributed by atoms with Gasteiger partial charge in [0.15, 0.2) is 0 Å². The van der Waals surface area contributed by atoms with Crippen LogP contribution in [0.2, 0.25) is 0 Å². The molecule has 48 heavy (non-hydrogen) atoms. The number of pyridine rings is 1. The smallest absolute Gasteiger partial charge is 0.410 e. The number of nitrogens with one attached hydrogen (secondary N) is 1. The van der Waals surface area contributed by atoms with Gasteiger partial charge in [-0.2, -0.15) is 0 Å². The zero-order valence-corrected chi connectivity index (χ0v) is 28.5. The number of alkyl halides is 1. The zero-order valence-electron chi connectivity index (χ0n) is 28.5. The van der Waals surface area contributed by atoms with Crippen LogP contribution in [0, 0.1) is 11.8 Å². The van der Waals surface area contributed by atoms with Gasteiger partial charge in [0.25, 0.3) is 0 Å². The van der Waals surface area contributed by atoms with Crippen LogP contribution in [0.3, 0.4) is 0 Å². The minimum absolute atomic E-state index is 0.0266. The highest BCUT2D eigenvalue weighted by atomic mass is 19.1. The van der Waals surface area contributed by atoms with E-state index in [0.717, 1.165) is 19.3 Å². The molecule has 3 heterocycles. The number of amides is 3.